The number of nitrogens with one attached hydrogen (secondary N) is 1. The smallest absolute Gasteiger partial charge is 0.407 e. The number of carbonyl (C=O) groups excluding carboxylic acids is 1. The van der Waals surface area contributed by atoms with E-state index in [2.05, 4.69) is 12.2 Å². The van der Waals surface area contributed by atoms with Crippen molar-refractivity contribution in [1.29, 1.82) is 0 Å². The van der Waals surface area contributed by atoms with E-state index in [9.17, 15) is 14.7 Å². The number of aliphatic carboxylic acids is 1. The number of hydrogen-bond donors (Lipinski definition) is 2. The highest BCUT2D eigenvalue weighted by atomic mass is 16.5. The molecule has 1 aromatic rings. The number of alkyl carbamates (subject to hydrolysis) is 1. The summed E-state index contributed by atoms with van der Waals surface area (Å²) in [5.41, 5.74) is 0.178. The molecule has 0 heterocycles. The minimum atomic E-state index is -0.894. The molecule has 1 aliphatic carbocycles. The number of ether oxygens (including phenoxy) is 1. The van der Waals surface area contributed by atoms with Gasteiger partial charge in [0.15, 0.2) is 0 Å². The Bertz CT molecular complexity index is 545. The summed E-state index contributed by atoms with van der Waals surface area (Å²) in [7, 11) is 0. The summed E-state index contributed by atoms with van der Waals surface area (Å²) in [6.07, 6.45) is 2.03. The van der Waals surface area contributed by atoms with Crippen molar-refractivity contribution in [2.75, 3.05) is 0 Å². The van der Waals surface area contributed by atoms with E-state index in [1.807, 2.05) is 37.3 Å². The first kappa shape index (κ1) is 17.3. The molecule has 0 aromatic heterocycles. The molecule has 0 saturated heterocycles. The van der Waals surface area contributed by atoms with Gasteiger partial charge in [-0.2, -0.15) is 0 Å². The summed E-state index contributed by atoms with van der Waals surface area (Å²) >= 11 is 0. The van der Waals surface area contributed by atoms with Gasteiger partial charge in [0.2, 0.25) is 0 Å². The molecule has 5 nitrogen and oxygen atoms in total. The average molecular weight is 319 g/mol. The summed E-state index contributed by atoms with van der Waals surface area (Å²) in [5, 5.41) is 12.1. The monoisotopic (exact) mass is 319 g/mol. The molecular formula is C18H25NO4. The normalized spacial score (nSPS) is 27.2. The Morgan fingerprint density at radius 3 is 2.65 bits per heavy atom. The van der Waals surface area contributed by atoms with Crippen LogP contribution in [0.2, 0.25) is 0 Å². The van der Waals surface area contributed by atoms with Crippen molar-refractivity contribution in [3.8, 4) is 0 Å². The second-order valence-electron chi connectivity index (χ2n) is 6.57. The highest BCUT2D eigenvalue weighted by Gasteiger charge is 2.44. The molecule has 0 aliphatic heterocycles. The second-order valence-corrected chi connectivity index (χ2v) is 6.57. The third kappa shape index (κ3) is 4.47. The Balaban J connectivity index is 2.02. The van der Waals surface area contributed by atoms with Gasteiger partial charge in [-0.15, -0.1) is 0 Å². The number of carboxylic acid groups (broad SMARTS) is 1. The molecule has 3 unspecified atom stereocenters. The SMILES string of the molecule is CC1CCCC(CC(=O)O)(NC(=O)OCc2ccccc2)C1C. The molecule has 1 saturated carbocycles. The lowest BCUT2D eigenvalue weighted by Gasteiger charge is -2.45. The van der Waals surface area contributed by atoms with Crippen molar-refractivity contribution < 1.29 is 19.4 Å². The summed E-state index contributed by atoms with van der Waals surface area (Å²) in [4.78, 5) is 23.5. The molecule has 0 spiro atoms. The van der Waals surface area contributed by atoms with Gasteiger partial charge >= 0.3 is 12.1 Å². The van der Waals surface area contributed by atoms with Crippen molar-refractivity contribution in [3.05, 3.63) is 35.9 Å². The lowest BCUT2D eigenvalue weighted by Crippen LogP contribution is -2.57. The molecule has 2 rings (SSSR count). The molecule has 1 aromatic carbocycles. The summed E-state index contributed by atoms with van der Waals surface area (Å²) in [6.45, 7) is 4.31. The molecule has 23 heavy (non-hydrogen) atoms. The van der Waals surface area contributed by atoms with Crippen molar-refractivity contribution in [1.82, 2.24) is 5.32 Å². The van der Waals surface area contributed by atoms with E-state index in [0.29, 0.717) is 12.3 Å². The van der Waals surface area contributed by atoms with Gasteiger partial charge in [0.25, 0.3) is 0 Å². The van der Waals surface area contributed by atoms with Crippen LogP contribution in [0.4, 0.5) is 4.79 Å². The number of rotatable bonds is 5. The van der Waals surface area contributed by atoms with E-state index in [1.54, 1.807) is 0 Å². The van der Waals surface area contributed by atoms with Crippen LogP contribution in [0, 0.1) is 11.8 Å². The zero-order valence-corrected chi connectivity index (χ0v) is 13.7. The molecule has 2 N–H and O–H groups in total. The molecule has 1 aliphatic rings. The number of carbonyl (C=O) groups is 2. The van der Waals surface area contributed by atoms with Gasteiger partial charge in [0, 0.05) is 0 Å². The average Bonchev–Trinajstić information content (AvgIpc) is 2.51. The minimum absolute atomic E-state index is 0.0705. The van der Waals surface area contributed by atoms with Gasteiger partial charge in [0.05, 0.1) is 12.0 Å². The van der Waals surface area contributed by atoms with E-state index < -0.39 is 17.6 Å². The predicted molar refractivity (Wildman–Crippen MR) is 86.9 cm³/mol. The lowest BCUT2D eigenvalue weighted by molar-refractivity contribution is -0.140. The maximum absolute atomic E-state index is 12.2. The molecule has 3 atom stereocenters. The first-order chi connectivity index (χ1) is 10.9. The van der Waals surface area contributed by atoms with Gasteiger partial charge in [-0.1, -0.05) is 57.0 Å². The fourth-order valence-corrected chi connectivity index (χ4v) is 3.46. The van der Waals surface area contributed by atoms with Crippen LogP contribution in [-0.2, 0) is 16.1 Å². The highest BCUT2D eigenvalue weighted by molar-refractivity contribution is 5.73. The maximum atomic E-state index is 12.2. The van der Waals surface area contributed by atoms with Crippen LogP contribution in [0.3, 0.4) is 0 Å². The number of carboxylic acids is 1. The minimum Gasteiger partial charge on any atom is -0.481 e. The standard InChI is InChI=1S/C18H25NO4/c1-13-7-6-10-18(14(13)2,11-16(20)21)19-17(22)23-12-15-8-4-3-5-9-15/h3-5,8-9,13-14H,6-7,10-12H2,1-2H3,(H,19,22)(H,20,21). The predicted octanol–water partition coefficient (Wildman–Crippen LogP) is 3.58. The van der Waals surface area contributed by atoms with Gasteiger partial charge in [0.1, 0.15) is 6.61 Å². The first-order valence-corrected chi connectivity index (χ1v) is 8.13. The summed E-state index contributed by atoms with van der Waals surface area (Å²) in [5.74, 6) is -0.427. The zero-order chi connectivity index (χ0) is 16.9. The number of hydrogen-bond acceptors (Lipinski definition) is 3. The van der Waals surface area contributed by atoms with Crippen LogP contribution in [0.15, 0.2) is 30.3 Å². The van der Waals surface area contributed by atoms with Gasteiger partial charge < -0.3 is 15.2 Å². The molecule has 1 fully saturated rings. The fourth-order valence-electron chi connectivity index (χ4n) is 3.46. The first-order valence-electron chi connectivity index (χ1n) is 8.13. The molecule has 5 heteroatoms. The van der Waals surface area contributed by atoms with E-state index in [0.717, 1.165) is 18.4 Å². The maximum Gasteiger partial charge on any atom is 0.407 e. The Morgan fingerprint density at radius 2 is 2.00 bits per heavy atom. The van der Waals surface area contributed by atoms with E-state index in [-0.39, 0.29) is 18.9 Å². The van der Waals surface area contributed by atoms with Crippen molar-refractivity contribution in [2.45, 2.75) is 51.7 Å². The van der Waals surface area contributed by atoms with Crippen LogP contribution < -0.4 is 5.32 Å². The molecule has 126 valence electrons. The summed E-state index contributed by atoms with van der Waals surface area (Å²) < 4.78 is 5.28. The van der Waals surface area contributed by atoms with Crippen LogP contribution in [-0.4, -0.2) is 22.7 Å². The third-order valence-electron chi connectivity index (χ3n) is 5.04. The topological polar surface area (TPSA) is 75.6 Å². The Hall–Kier alpha value is -2.04. The molecule has 1 amide bonds. The highest BCUT2D eigenvalue weighted by Crippen LogP contribution is 2.40. The molecular weight excluding hydrogens is 294 g/mol. The summed E-state index contributed by atoms with van der Waals surface area (Å²) in [6, 6.07) is 9.43. The number of amides is 1. The van der Waals surface area contributed by atoms with Crippen LogP contribution in [0.1, 0.15) is 45.1 Å². The van der Waals surface area contributed by atoms with Gasteiger partial charge in [-0.05, 0) is 23.8 Å². The Kier molecular flexibility index (Phi) is 5.64. The zero-order valence-electron chi connectivity index (χ0n) is 13.7. The van der Waals surface area contributed by atoms with Crippen molar-refractivity contribution >= 4 is 12.1 Å². The van der Waals surface area contributed by atoms with Crippen molar-refractivity contribution in [3.63, 3.8) is 0 Å². The van der Waals surface area contributed by atoms with Gasteiger partial charge in [-0.25, -0.2) is 4.79 Å². The van der Waals surface area contributed by atoms with Crippen LogP contribution in [0.5, 0.6) is 0 Å². The van der Waals surface area contributed by atoms with E-state index >= 15 is 0 Å². The Morgan fingerprint density at radius 1 is 1.30 bits per heavy atom. The van der Waals surface area contributed by atoms with E-state index in [4.69, 9.17) is 4.74 Å². The molecule has 0 radical (unpaired) electrons. The van der Waals surface area contributed by atoms with Crippen molar-refractivity contribution in [2.24, 2.45) is 11.8 Å². The third-order valence-corrected chi connectivity index (χ3v) is 5.04. The van der Waals surface area contributed by atoms with Crippen LogP contribution in [0.25, 0.3) is 0 Å². The fraction of sp³-hybridized carbons (Fsp3) is 0.556. The van der Waals surface area contributed by atoms with Gasteiger partial charge in [-0.3, -0.25) is 4.79 Å². The second kappa shape index (κ2) is 7.49. The van der Waals surface area contributed by atoms with Crippen LogP contribution >= 0.6 is 0 Å². The largest absolute Gasteiger partial charge is 0.481 e. The Labute approximate surface area is 137 Å². The lowest BCUT2D eigenvalue weighted by atomic mass is 9.67. The number of benzene rings is 1. The quantitative estimate of drug-likeness (QED) is 0.869. The van der Waals surface area contributed by atoms with E-state index in [1.165, 1.54) is 0 Å². The molecule has 0 bridgehead atoms.